The zero-order valence-corrected chi connectivity index (χ0v) is 19.8. The van der Waals surface area contributed by atoms with Gasteiger partial charge in [0.1, 0.15) is 23.2 Å². The van der Waals surface area contributed by atoms with Gasteiger partial charge in [0, 0.05) is 23.9 Å². The largest absolute Gasteiger partial charge is 0.496 e. The van der Waals surface area contributed by atoms with Crippen molar-refractivity contribution in [1.29, 1.82) is 5.26 Å². The molecule has 7 nitrogen and oxygen atoms in total. The second-order valence-corrected chi connectivity index (χ2v) is 8.26. The SMILES string of the molecule is CCCC1=C(C(=O)OCC)[C@H](c2ccc(OC)c(CSc3ccccn3)c2)C(C#N)=C(N)O1. The minimum absolute atomic E-state index is 0.0132. The molecule has 0 fully saturated rings. The van der Waals surface area contributed by atoms with E-state index >= 15 is 0 Å². The second kappa shape index (κ2) is 11.4. The van der Waals surface area contributed by atoms with Crippen molar-refractivity contribution in [2.45, 2.75) is 43.4 Å². The zero-order valence-electron chi connectivity index (χ0n) is 19.0. The van der Waals surface area contributed by atoms with Gasteiger partial charge in [0.05, 0.1) is 30.2 Å². The maximum absolute atomic E-state index is 13.0. The van der Waals surface area contributed by atoms with Crippen molar-refractivity contribution in [1.82, 2.24) is 4.98 Å². The van der Waals surface area contributed by atoms with Crippen LogP contribution in [0.4, 0.5) is 0 Å². The number of esters is 1. The van der Waals surface area contributed by atoms with Gasteiger partial charge in [-0.15, -0.1) is 11.8 Å². The number of carbonyl (C=O) groups excluding carboxylic acids is 1. The molecule has 2 N–H and O–H groups in total. The van der Waals surface area contributed by atoms with Crippen molar-refractivity contribution < 1.29 is 19.0 Å². The summed E-state index contributed by atoms with van der Waals surface area (Å²) in [6.45, 7) is 3.94. The summed E-state index contributed by atoms with van der Waals surface area (Å²) in [6, 6.07) is 13.5. The molecule has 0 aliphatic carbocycles. The average Bonchev–Trinajstić information content (AvgIpc) is 2.83. The Bertz CT molecular complexity index is 1110. The van der Waals surface area contributed by atoms with Crippen molar-refractivity contribution in [3.63, 3.8) is 0 Å². The molecule has 33 heavy (non-hydrogen) atoms. The number of hydrogen-bond donors (Lipinski definition) is 1. The molecular weight excluding hydrogens is 438 g/mol. The molecule has 0 amide bonds. The zero-order chi connectivity index (χ0) is 23.8. The summed E-state index contributed by atoms with van der Waals surface area (Å²) in [7, 11) is 1.61. The van der Waals surface area contributed by atoms with Gasteiger partial charge in [-0.2, -0.15) is 5.26 Å². The molecule has 0 saturated carbocycles. The highest BCUT2D eigenvalue weighted by molar-refractivity contribution is 7.98. The van der Waals surface area contributed by atoms with Crippen molar-refractivity contribution >= 4 is 17.7 Å². The number of nitrogens with zero attached hydrogens (tertiary/aromatic N) is 2. The van der Waals surface area contributed by atoms with Crippen LogP contribution in [0.2, 0.25) is 0 Å². The van der Waals surface area contributed by atoms with Gasteiger partial charge < -0.3 is 19.9 Å². The first-order chi connectivity index (χ1) is 16.0. The number of nitrogens with two attached hydrogens (primary N) is 1. The molecule has 8 heteroatoms. The number of benzene rings is 1. The first-order valence-corrected chi connectivity index (χ1v) is 11.7. The van der Waals surface area contributed by atoms with E-state index in [1.165, 1.54) is 0 Å². The van der Waals surface area contributed by atoms with Gasteiger partial charge in [-0.25, -0.2) is 9.78 Å². The molecule has 0 spiro atoms. The van der Waals surface area contributed by atoms with Gasteiger partial charge >= 0.3 is 5.97 Å². The molecule has 0 bridgehead atoms. The molecule has 1 aromatic heterocycles. The second-order valence-electron chi connectivity index (χ2n) is 7.26. The van der Waals surface area contributed by atoms with Crippen LogP contribution in [0.1, 0.15) is 43.7 Å². The van der Waals surface area contributed by atoms with Gasteiger partial charge in [-0.1, -0.05) is 25.1 Å². The molecule has 1 aromatic carbocycles. The topological polar surface area (TPSA) is 107 Å². The Hall–Kier alpha value is -3.44. The average molecular weight is 466 g/mol. The van der Waals surface area contributed by atoms with Crippen LogP contribution in [0.15, 0.2) is 70.4 Å². The maximum Gasteiger partial charge on any atom is 0.338 e. The molecule has 2 heterocycles. The van der Waals surface area contributed by atoms with E-state index in [9.17, 15) is 10.1 Å². The van der Waals surface area contributed by atoms with E-state index in [0.717, 1.165) is 22.6 Å². The van der Waals surface area contributed by atoms with E-state index in [-0.39, 0.29) is 18.1 Å². The Morgan fingerprint density at radius 2 is 2.12 bits per heavy atom. The fourth-order valence-corrected chi connectivity index (χ4v) is 4.51. The molecule has 172 valence electrons. The van der Waals surface area contributed by atoms with Gasteiger partial charge in [0.25, 0.3) is 0 Å². The Balaban J connectivity index is 2.08. The first-order valence-electron chi connectivity index (χ1n) is 10.7. The van der Waals surface area contributed by atoms with E-state index in [2.05, 4.69) is 11.1 Å². The quantitative estimate of drug-likeness (QED) is 0.415. The van der Waals surface area contributed by atoms with Gasteiger partial charge in [0.15, 0.2) is 0 Å². The molecule has 1 aliphatic heterocycles. The monoisotopic (exact) mass is 465 g/mol. The third kappa shape index (κ3) is 5.49. The lowest BCUT2D eigenvalue weighted by Gasteiger charge is -2.28. The lowest BCUT2D eigenvalue weighted by atomic mass is 9.82. The predicted molar refractivity (Wildman–Crippen MR) is 126 cm³/mol. The summed E-state index contributed by atoms with van der Waals surface area (Å²) < 4.78 is 16.6. The Morgan fingerprint density at radius 3 is 2.76 bits per heavy atom. The van der Waals surface area contributed by atoms with E-state index < -0.39 is 11.9 Å². The fraction of sp³-hybridized carbons (Fsp3) is 0.320. The van der Waals surface area contributed by atoms with Crippen LogP contribution in [0.5, 0.6) is 5.75 Å². The number of hydrogen-bond acceptors (Lipinski definition) is 8. The molecule has 3 rings (SSSR count). The van der Waals surface area contributed by atoms with Crippen molar-refractivity contribution in [3.05, 3.63) is 76.5 Å². The third-order valence-corrected chi connectivity index (χ3v) is 6.11. The summed E-state index contributed by atoms with van der Waals surface area (Å²) in [6.07, 6.45) is 2.99. The number of allylic oxidation sites excluding steroid dienone is 2. The number of thioether (sulfide) groups is 1. The van der Waals surface area contributed by atoms with Crippen LogP contribution in [0, 0.1) is 11.3 Å². The highest BCUT2D eigenvalue weighted by atomic mass is 32.2. The lowest BCUT2D eigenvalue weighted by molar-refractivity contribution is -0.139. The molecule has 0 saturated heterocycles. The standard InChI is InChI=1S/C25H27N3O4S/c1-4-8-20-23(25(29)31-5-2)22(18(14-26)24(27)32-20)16-10-11-19(30-3)17(13-16)15-33-21-9-6-7-12-28-21/h6-7,9-13,22H,4-5,8,15,27H2,1-3H3/t22-/m1/s1. The van der Waals surface area contributed by atoms with Crippen LogP contribution < -0.4 is 10.5 Å². The molecular formula is C25H27N3O4S. The smallest absolute Gasteiger partial charge is 0.338 e. The van der Waals surface area contributed by atoms with Gasteiger partial charge in [-0.05, 0) is 37.1 Å². The first kappa shape index (κ1) is 24.2. The molecule has 0 unspecified atom stereocenters. The van der Waals surface area contributed by atoms with E-state index in [1.54, 1.807) is 32.0 Å². The van der Waals surface area contributed by atoms with E-state index in [0.29, 0.717) is 29.3 Å². The van der Waals surface area contributed by atoms with Crippen LogP contribution in [0.3, 0.4) is 0 Å². The van der Waals surface area contributed by atoms with Crippen LogP contribution in [-0.2, 0) is 20.0 Å². The predicted octanol–water partition coefficient (Wildman–Crippen LogP) is 4.81. The van der Waals surface area contributed by atoms with Crippen molar-refractivity contribution in [2.75, 3.05) is 13.7 Å². The van der Waals surface area contributed by atoms with Crippen molar-refractivity contribution in [2.24, 2.45) is 5.73 Å². The Morgan fingerprint density at radius 1 is 1.30 bits per heavy atom. The summed E-state index contributed by atoms with van der Waals surface area (Å²) >= 11 is 1.57. The number of ether oxygens (including phenoxy) is 3. The van der Waals surface area contributed by atoms with Crippen LogP contribution >= 0.6 is 11.8 Å². The van der Waals surface area contributed by atoms with Crippen LogP contribution in [0.25, 0.3) is 0 Å². The van der Waals surface area contributed by atoms with Crippen LogP contribution in [-0.4, -0.2) is 24.7 Å². The molecule has 1 aliphatic rings. The van der Waals surface area contributed by atoms with E-state index in [4.69, 9.17) is 19.9 Å². The van der Waals surface area contributed by atoms with E-state index in [1.807, 2.05) is 43.3 Å². The summed E-state index contributed by atoms with van der Waals surface area (Å²) in [5.74, 6) is 0.566. The summed E-state index contributed by atoms with van der Waals surface area (Å²) in [5, 5.41) is 10.8. The molecule has 1 atom stereocenters. The number of methoxy groups -OCH3 is 1. The maximum atomic E-state index is 13.0. The Kier molecular flexibility index (Phi) is 8.39. The third-order valence-electron chi connectivity index (χ3n) is 5.12. The fourth-order valence-electron chi connectivity index (χ4n) is 3.67. The number of carbonyl (C=O) groups is 1. The highest BCUT2D eigenvalue weighted by Gasteiger charge is 2.37. The summed E-state index contributed by atoms with van der Waals surface area (Å²) in [5.41, 5.74) is 8.27. The number of aromatic nitrogens is 1. The van der Waals surface area contributed by atoms with Crippen molar-refractivity contribution in [3.8, 4) is 11.8 Å². The highest BCUT2D eigenvalue weighted by Crippen LogP contribution is 2.42. The number of nitriles is 1. The van der Waals surface area contributed by atoms with Gasteiger partial charge in [-0.3, -0.25) is 0 Å². The minimum atomic E-state index is -0.686. The summed E-state index contributed by atoms with van der Waals surface area (Å²) in [4.78, 5) is 17.3. The van der Waals surface area contributed by atoms with Gasteiger partial charge in [0.2, 0.25) is 5.88 Å². The minimum Gasteiger partial charge on any atom is -0.496 e. The lowest BCUT2D eigenvalue weighted by Crippen LogP contribution is -2.26. The molecule has 0 radical (unpaired) electrons. The normalized spacial score (nSPS) is 15.6. The number of pyridine rings is 1. The number of rotatable bonds is 9. The Labute approximate surface area is 198 Å². The molecule has 2 aromatic rings.